The number of thiazole rings is 1. The van der Waals surface area contributed by atoms with Crippen LogP contribution in [-0.4, -0.2) is 12.1 Å². The molecule has 0 bridgehead atoms. The van der Waals surface area contributed by atoms with Gasteiger partial charge in [-0.15, -0.1) is 0 Å². The summed E-state index contributed by atoms with van der Waals surface area (Å²) in [6, 6.07) is 7.67. The van der Waals surface area contributed by atoms with Gasteiger partial charge in [0.05, 0.1) is 16.7 Å². The Labute approximate surface area is 121 Å². The van der Waals surface area contributed by atoms with Gasteiger partial charge in [-0.1, -0.05) is 29.0 Å². The normalized spacial score (nSPS) is 18.1. The third kappa shape index (κ3) is 2.76. The van der Waals surface area contributed by atoms with Gasteiger partial charge in [0.15, 0.2) is 5.13 Å². The van der Waals surface area contributed by atoms with Crippen LogP contribution in [0.4, 0.5) is 10.8 Å². The summed E-state index contributed by atoms with van der Waals surface area (Å²) in [5.74, 6) is 0. The molecule has 1 unspecified atom stereocenters. The second-order valence-corrected chi connectivity index (χ2v) is 6.05. The lowest BCUT2D eigenvalue weighted by molar-refractivity contribution is 0.0908. The molecular weight excluding hydrogens is 280 g/mol. The maximum absolute atomic E-state index is 5.98. The first-order valence-corrected chi connectivity index (χ1v) is 7.50. The Morgan fingerprint density at radius 3 is 3.16 bits per heavy atom. The lowest BCUT2D eigenvalue weighted by Gasteiger charge is -2.18. The number of hydrogen-bond acceptors (Lipinski definition) is 4. The zero-order valence-corrected chi connectivity index (χ0v) is 12.2. The summed E-state index contributed by atoms with van der Waals surface area (Å²) < 4.78 is 5.52. The first-order valence-electron chi connectivity index (χ1n) is 6.31. The molecule has 100 valence electrons. The van der Waals surface area contributed by atoms with Gasteiger partial charge in [-0.25, -0.2) is 4.98 Å². The van der Waals surface area contributed by atoms with Gasteiger partial charge in [0.1, 0.15) is 0 Å². The van der Waals surface area contributed by atoms with Crippen LogP contribution in [0.5, 0.6) is 0 Å². The van der Waals surface area contributed by atoms with Crippen molar-refractivity contribution in [3.05, 3.63) is 39.9 Å². The summed E-state index contributed by atoms with van der Waals surface area (Å²) in [6.07, 6.45) is 3.48. The molecule has 0 spiro atoms. The quantitative estimate of drug-likeness (QED) is 0.901. The maximum Gasteiger partial charge on any atom is 0.187 e. The van der Waals surface area contributed by atoms with Gasteiger partial charge in [0, 0.05) is 17.8 Å². The van der Waals surface area contributed by atoms with E-state index in [1.165, 1.54) is 10.6 Å². The van der Waals surface area contributed by atoms with Crippen LogP contribution < -0.4 is 5.32 Å². The summed E-state index contributed by atoms with van der Waals surface area (Å²) in [7, 11) is 1.77. The molecule has 0 fully saturated rings. The molecule has 1 N–H and O–H groups in total. The molecule has 3 nitrogen and oxygen atoms in total. The monoisotopic (exact) mass is 294 g/mol. The second-order valence-electron chi connectivity index (χ2n) is 4.58. The second kappa shape index (κ2) is 5.49. The fourth-order valence-corrected chi connectivity index (χ4v) is 3.68. The van der Waals surface area contributed by atoms with E-state index in [0.717, 1.165) is 35.1 Å². The number of ether oxygens (including phenoxy) is 1. The summed E-state index contributed by atoms with van der Waals surface area (Å²) >= 11 is 7.66. The van der Waals surface area contributed by atoms with Crippen LogP contribution in [0.15, 0.2) is 24.3 Å². The molecule has 1 atom stereocenters. The lowest BCUT2D eigenvalue weighted by atomic mass is 10.0. The summed E-state index contributed by atoms with van der Waals surface area (Å²) in [5.41, 5.74) is 2.14. The minimum Gasteiger partial charge on any atom is -0.376 e. The van der Waals surface area contributed by atoms with Gasteiger partial charge in [0.2, 0.25) is 0 Å². The molecule has 0 amide bonds. The molecule has 19 heavy (non-hydrogen) atoms. The number of hydrogen-bond donors (Lipinski definition) is 1. The number of nitrogens with zero attached hydrogens (tertiary/aromatic N) is 1. The number of benzene rings is 1. The molecule has 1 aliphatic carbocycles. The molecule has 0 radical (unpaired) electrons. The first-order chi connectivity index (χ1) is 9.26. The average molecular weight is 295 g/mol. The Morgan fingerprint density at radius 2 is 2.37 bits per heavy atom. The molecule has 3 rings (SSSR count). The summed E-state index contributed by atoms with van der Waals surface area (Å²) in [6.45, 7) is 0. The maximum atomic E-state index is 5.98. The predicted molar refractivity (Wildman–Crippen MR) is 79.5 cm³/mol. The molecule has 0 saturated heterocycles. The van der Waals surface area contributed by atoms with E-state index in [4.69, 9.17) is 16.3 Å². The zero-order chi connectivity index (χ0) is 13.2. The predicted octanol–water partition coefficient (Wildman–Crippen LogP) is 4.56. The van der Waals surface area contributed by atoms with E-state index in [-0.39, 0.29) is 6.10 Å². The van der Waals surface area contributed by atoms with Gasteiger partial charge >= 0.3 is 0 Å². The number of halogens is 1. The third-order valence-electron chi connectivity index (χ3n) is 3.26. The van der Waals surface area contributed by atoms with Gasteiger partial charge in [-0.3, -0.25) is 0 Å². The van der Waals surface area contributed by atoms with Gasteiger partial charge in [0.25, 0.3) is 0 Å². The standard InChI is InChI=1S/C14H15ClN2OS/c1-18-12-7-3-6-11-13(12)19-14(17-11)16-10-5-2-4-9(15)8-10/h2,4-5,8,12H,3,6-7H2,1H3,(H,16,17). The Balaban J connectivity index is 1.85. The molecule has 0 aliphatic heterocycles. The van der Waals surface area contributed by atoms with Crippen molar-refractivity contribution >= 4 is 33.8 Å². The minimum atomic E-state index is 0.205. The Bertz CT molecular complexity index is 585. The number of nitrogens with one attached hydrogen (secondary N) is 1. The fourth-order valence-electron chi connectivity index (χ4n) is 2.35. The summed E-state index contributed by atoms with van der Waals surface area (Å²) in [5, 5.41) is 4.95. The van der Waals surface area contributed by atoms with Crippen LogP contribution in [0.3, 0.4) is 0 Å². The van der Waals surface area contributed by atoms with E-state index in [9.17, 15) is 0 Å². The first kappa shape index (κ1) is 12.9. The molecular formula is C14H15ClN2OS. The Hall–Kier alpha value is -1.10. The van der Waals surface area contributed by atoms with E-state index in [2.05, 4.69) is 10.3 Å². The minimum absolute atomic E-state index is 0.205. The van der Waals surface area contributed by atoms with Crippen LogP contribution in [0.2, 0.25) is 5.02 Å². The fraction of sp³-hybridized carbons (Fsp3) is 0.357. The third-order valence-corrected chi connectivity index (χ3v) is 4.60. The van der Waals surface area contributed by atoms with E-state index in [1.807, 2.05) is 24.3 Å². The Kier molecular flexibility index (Phi) is 3.73. The van der Waals surface area contributed by atoms with Gasteiger partial charge in [-0.05, 0) is 37.5 Å². The van der Waals surface area contributed by atoms with Crippen molar-refractivity contribution in [1.82, 2.24) is 4.98 Å². The van der Waals surface area contributed by atoms with Crippen LogP contribution in [0.25, 0.3) is 0 Å². The van der Waals surface area contributed by atoms with Crippen molar-refractivity contribution < 1.29 is 4.74 Å². The highest BCUT2D eigenvalue weighted by molar-refractivity contribution is 7.15. The van der Waals surface area contributed by atoms with E-state index in [0.29, 0.717) is 0 Å². The van der Waals surface area contributed by atoms with Crippen molar-refractivity contribution in [2.75, 3.05) is 12.4 Å². The van der Waals surface area contributed by atoms with Crippen LogP contribution in [0.1, 0.15) is 29.5 Å². The highest BCUT2D eigenvalue weighted by atomic mass is 35.5. The van der Waals surface area contributed by atoms with Gasteiger partial charge < -0.3 is 10.1 Å². The Morgan fingerprint density at radius 1 is 1.47 bits per heavy atom. The molecule has 2 aromatic rings. The van der Waals surface area contributed by atoms with Gasteiger partial charge in [-0.2, -0.15) is 0 Å². The highest BCUT2D eigenvalue weighted by Crippen LogP contribution is 2.38. The highest BCUT2D eigenvalue weighted by Gasteiger charge is 2.24. The van der Waals surface area contributed by atoms with E-state index < -0.39 is 0 Å². The number of fused-ring (bicyclic) bond motifs is 1. The number of aromatic nitrogens is 1. The van der Waals surface area contributed by atoms with Crippen molar-refractivity contribution in [3.8, 4) is 0 Å². The SMILES string of the molecule is COC1CCCc2nc(Nc3cccc(Cl)c3)sc21. The topological polar surface area (TPSA) is 34.1 Å². The lowest BCUT2D eigenvalue weighted by Crippen LogP contribution is -2.08. The molecule has 1 aromatic carbocycles. The largest absolute Gasteiger partial charge is 0.376 e. The van der Waals surface area contributed by atoms with Crippen molar-refractivity contribution in [3.63, 3.8) is 0 Å². The number of anilines is 2. The number of rotatable bonds is 3. The average Bonchev–Trinajstić information content (AvgIpc) is 2.80. The van der Waals surface area contributed by atoms with E-state index in [1.54, 1.807) is 18.4 Å². The summed E-state index contributed by atoms with van der Waals surface area (Å²) in [4.78, 5) is 5.92. The van der Waals surface area contributed by atoms with Crippen LogP contribution in [-0.2, 0) is 11.2 Å². The molecule has 0 saturated carbocycles. The van der Waals surface area contributed by atoms with Crippen molar-refractivity contribution in [2.45, 2.75) is 25.4 Å². The van der Waals surface area contributed by atoms with Crippen LogP contribution in [0, 0.1) is 0 Å². The van der Waals surface area contributed by atoms with Crippen LogP contribution >= 0.6 is 22.9 Å². The number of aryl methyl sites for hydroxylation is 1. The zero-order valence-electron chi connectivity index (χ0n) is 10.6. The molecule has 5 heteroatoms. The van der Waals surface area contributed by atoms with Crippen molar-refractivity contribution in [2.24, 2.45) is 0 Å². The smallest absolute Gasteiger partial charge is 0.187 e. The van der Waals surface area contributed by atoms with E-state index >= 15 is 0 Å². The number of methoxy groups -OCH3 is 1. The molecule has 1 aliphatic rings. The molecule has 1 heterocycles. The molecule has 1 aromatic heterocycles. The van der Waals surface area contributed by atoms with Crippen molar-refractivity contribution in [1.29, 1.82) is 0 Å².